The molecule has 0 spiro atoms. The summed E-state index contributed by atoms with van der Waals surface area (Å²) in [5.74, 6) is 0.806. The van der Waals surface area contributed by atoms with Crippen LogP contribution in [0.25, 0.3) is 0 Å². The van der Waals surface area contributed by atoms with Crippen LogP contribution in [0, 0.1) is 5.92 Å². The molecular weight excluding hydrogens is 262 g/mol. The van der Waals surface area contributed by atoms with Crippen molar-refractivity contribution in [3.8, 4) is 0 Å². The number of sulfonamides is 1. The summed E-state index contributed by atoms with van der Waals surface area (Å²) < 4.78 is 22.8. The second-order valence-corrected chi connectivity index (χ2v) is 6.72. The number of para-hydroxylation sites is 1. The van der Waals surface area contributed by atoms with Gasteiger partial charge < -0.3 is 11.1 Å². The Hall–Kier alpha value is -1.27. The molecule has 0 aromatic heterocycles. The Kier molecular flexibility index (Phi) is 4.01. The first-order chi connectivity index (χ1) is 8.91. The van der Waals surface area contributed by atoms with Crippen LogP contribution in [-0.2, 0) is 10.0 Å². The fourth-order valence-corrected chi connectivity index (χ4v) is 2.91. The highest BCUT2D eigenvalue weighted by molar-refractivity contribution is 7.89. The standard InChI is InChI=1S/C13H21N3O2S/c1-2-10(8-9-6-7-9)16-11-4-3-5-12(13(11)14)19(15,17)18/h3-5,9-10,16H,2,6-8,14H2,1H3,(H2,15,17,18). The Labute approximate surface area is 114 Å². The number of rotatable bonds is 6. The molecule has 6 heteroatoms. The molecule has 0 radical (unpaired) electrons. The van der Waals surface area contributed by atoms with E-state index in [1.54, 1.807) is 12.1 Å². The first kappa shape index (κ1) is 14.1. The molecule has 5 nitrogen and oxygen atoms in total. The monoisotopic (exact) mass is 283 g/mol. The van der Waals surface area contributed by atoms with E-state index in [4.69, 9.17) is 10.9 Å². The highest BCUT2D eigenvalue weighted by atomic mass is 32.2. The van der Waals surface area contributed by atoms with Gasteiger partial charge in [-0.2, -0.15) is 0 Å². The molecule has 1 atom stereocenters. The van der Waals surface area contributed by atoms with Crippen LogP contribution in [0.2, 0.25) is 0 Å². The van der Waals surface area contributed by atoms with Crippen molar-refractivity contribution in [2.24, 2.45) is 11.1 Å². The topological polar surface area (TPSA) is 98.2 Å². The molecule has 1 aliphatic carbocycles. The van der Waals surface area contributed by atoms with Gasteiger partial charge in [0.2, 0.25) is 10.0 Å². The highest BCUT2D eigenvalue weighted by Gasteiger charge is 2.25. The molecule has 0 aliphatic heterocycles. The third-order valence-corrected chi connectivity index (χ3v) is 4.51. The van der Waals surface area contributed by atoms with Gasteiger partial charge in [-0.05, 0) is 30.9 Å². The highest BCUT2D eigenvalue weighted by Crippen LogP contribution is 2.35. The summed E-state index contributed by atoms with van der Waals surface area (Å²) in [6, 6.07) is 5.20. The van der Waals surface area contributed by atoms with Gasteiger partial charge in [-0.1, -0.05) is 25.8 Å². The fraction of sp³-hybridized carbons (Fsp3) is 0.538. The molecule has 0 bridgehead atoms. The molecule has 1 aromatic carbocycles. The predicted octanol–water partition coefficient (Wildman–Crippen LogP) is 1.91. The quantitative estimate of drug-likeness (QED) is 0.694. The number of benzene rings is 1. The lowest BCUT2D eigenvalue weighted by molar-refractivity contribution is 0.586. The average molecular weight is 283 g/mol. The van der Waals surface area contributed by atoms with Gasteiger partial charge >= 0.3 is 0 Å². The molecule has 5 N–H and O–H groups in total. The van der Waals surface area contributed by atoms with Crippen LogP contribution >= 0.6 is 0 Å². The van der Waals surface area contributed by atoms with Crippen LogP contribution < -0.4 is 16.2 Å². The Morgan fingerprint density at radius 2 is 2.11 bits per heavy atom. The normalized spacial score (nSPS) is 17.2. The maximum atomic E-state index is 11.4. The molecule has 2 rings (SSSR count). The zero-order valence-corrected chi connectivity index (χ0v) is 11.9. The van der Waals surface area contributed by atoms with Crippen LogP contribution in [0.15, 0.2) is 23.1 Å². The van der Waals surface area contributed by atoms with Crippen molar-refractivity contribution in [3.05, 3.63) is 18.2 Å². The lowest BCUT2D eigenvalue weighted by atomic mass is 10.1. The van der Waals surface area contributed by atoms with Crippen LogP contribution in [0.1, 0.15) is 32.6 Å². The van der Waals surface area contributed by atoms with Crippen LogP contribution in [0.3, 0.4) is 0 Å². The summed E-state index contributed by atoms with van der Waals surface area (Å²) >= 11 is 0. The van der Waals surface area contributed by atoms with E-state index in [9.17, 15) is 8.42 Å². The Bertz CT molecular complexity index is 553. The van der Waals surface area contributed by atoms with Crippen molar-refractivity contribution in [1.82, 2.24) is 0 Å². The van der Waals surface area contributed by atoms with Crippen molar-refractivity contribution in [2.45, 2.75) is 43.5 Å². The van der Waals surface area contributed by atoms with E-state index in [0.717, 1.165) is 18.8 Å². The van der Waals surface area contributed by atoms with Gasteiger partial charge in [0.15, 0.2) is 0 Å². The summed E-state index contributed by atoms with van der Waals surface area (Å²) in [5.41, 5.74) is 6.76. The number of nitrogens with two attached hydrogens (primary N) is 2. The van der Waals surface area contributed by atoms with Gasteiger partial charge in [-0.3, -0.25) is 0 Å². The Morgan fingerprint density at radius 3 is 2.63 bits per heavy atom. The number of nitrogen functional groups attached to an aromatic ring is 1. The summed E-state index contributed by atoms with van der Waals surface area (Å²) in [4.78, 5) is -0.0150. The average Bonchev–Trinajstić information content (AvgIpc) is 3.13. The van der Waals surface area contributed by atoms with Crippen LogP contribution in [0.5, 0.6) is 0 Å². The van der Waals surface area contributed by atoms with Crippen molar-refractivity contribution < 1.29 is 8.42 Å². The third kappa shape index (κ3) is 3.61. The van der Waals surface area contributed by atoms with Crippen molar-refractivity contribution in [2.75, 3.05) is 11.1 Å². The molecule has 106 valence electrons. The molecule has 0 amide bonds. The molecule has 1 unspecified atom stereocenters. The number of anilines is 2. The number of nitrogens with one attached hydrogen (secondary N) is 1. The molecule has 1 fully saturated rings. The smallest absolute Gasteiger partial charge is 0.240 e. The lowest BCUT2D eigenvalue weighted by Gasteiger charge is -2.20. The zero-order chi connectivity index (χ0) is 14.0. The molecular formula is C13H21N3O2S. The zero-order valence-electron chi connectivity index (χ0n) is 11.1. The van der Waals surface area contributed by atoms with E-state index >= 15 is 0 Å². The minimum atomic E-state index is -3.77. The maximum Gasteiger partial charge on any atom is 0.240 e. The Morgan fingerprint density at radius 1 is 1.42 bits per heavy atom. The third-order valence-electron chi connectivity index (χ3n) is 3.54. The molecule has 19 heavy (non-hydrogen) atoms. The van der Waals surface area contributed by atoms with E-state index in [0.29, 0.717) is 11.7 Å². The number of primary sulfonamides is 1. The molecule has 0 saturated heterocycles. The number of hydrogen-bond donors (Lipinski definition) is 3. The largest absolute Gasteiger partial charge is 0.396 e. The summed E-state index contributed by atoms with van der Waals surface area (Å²) in [7, 11) is -3.77. The number of hydrogen-bond acceptors (Lipinski definition) is 4. The maximum absolute atomic E-state index is 11.4. The van der Waals surface area contributed by atoms with E-state index in [1.807, 2.05) is 0 Å². The molecule has 1 aromatic rings. The molecule has 1 aliphatic rings. The first-order valence-corrected chi connectivity index (χ1v) is 8.14. The first-order valence-electron chi connectivity index (χ1n) is 6.59. The van der Waals surface area contributed by atoms with Gasteiger partial charge in [0.25, 0.3) is 0 Å². The van der Waals surface area contributed by atoms with E-state index in [2.05, 4.69) is 12.2 Å². The molecule has 0 heterocycles. The van der Waals surface area contributed by atoms with Crippen molar-refractivity contribution >= 4 is 21.4 Å². The molecule has 1 saturated carbocycles. The van der Waals surface area contributed by atoms with E-state index in [-0.39, 0.29) is 10.6 Å². The SMILES string of the molecule is CCC(CC1CC1)Nc1cccc(S(N)(=O)=O)c1N. The lowest BCUT2D eigenvalue weighted by Crippen LogP contribution is -2.21. The summed E-state index contributed by atoms with van der Waals surface area (Å²) in [5, 5.41) is 8.48. The fourth-order valence-electron chi connectivity index (χ4n) is 2.22. The van der Waals surface area contributed by atoms with Gasteiger partial charge in [-0.25, -0.2) is 13.6 Å². The minimum Gasteiger partial charge on any atom is -0.396 e. The van der Waals surface area contributed by atoms with Gasteiger partial charge in [-0.15, -0.1) is 0 Å². The Balaban J connectivity index is 2.19. The van der Waals surface area contributed by atoms with E-state index < -0.39 is 10.0 Å². The second kappa shape index (κ2) is 5.38. The van der Waals surface area contributed by atoms with Gasteiger partial charge in [0, 0.05) is 6.04 Å². The summed E-state index contributed by atoms with van der Waals surface area (Å²) in [6.07, 6.45) is 4.68. The van der Waals surface area contributed by atoms with Gasteiger partial charge in [0.1, 0.15) is 4.90 Å². The minimum absolute atomic E-state index is 0.0150. The predicted molar refractivity (Wildman–Crippen MR) is 77.3 cm³/mol. The van der Waals surface area contributed by atoms with Crippen molar-refractivity contribution in [1.29, 1.82) is 0 Å². The second-order valence-electron chi connectivity index (χ2n) is 5.19. The summed E-state index contributed by atoms with van der Waals surface area (Å²) in [6.45, 7) is 2.11. The van der Waals surface area contributed by atoms with E-state index in [1.165, 1.54) is 18.9 Å². The van der Waals surface area contributed by atoms with Crippen LogP contribution in [0.4, 0.5) is 11.4 Å². The van der Waals surface area contributed by atoms with Crippen LogP contribution in [-0.4, -0.2) is 14.5 Å². The van der Waals surface area contributed by atoms with Gasteiger partial charge in [0.05, 0.1) is 11.4 Å². The van der Waals surface area contributed by atoms with Crippen molar-refractivity contribution in [3.63, 3.8) is 0 Å².